The van der Waals surface area contributed by atoms with Gasteiger partial charge >= 0.3 is 6.09 Å². The highest BCUT2D eigenvalue weighted by atomic mass is 16.5. The number of hydrogen-bond donors (Lipinski definition) is 2. The van der Waals surface area contributed by atoms with Crippen LogP contribution in [0.1, 0.15) is 49.0 Å². The molecular weight excluding hydrogens is 468 g/mol. The standard InChI is InChI=1S/C29H34N4O4/c1-3-5-19-37-29(36)31-17-18-33(27(34)4-2)26-14-12-24(13-15-26)23-8-10-25(11-9-23)28(35)32-21-22-7-6-16-30-20-22/h6-16,20H,3-5,17-19,21H2,1-2H3,(H,31,36)(H,32,35). The van der Waals surface area contributed by atoms with Gasteiger partial charge < -0.3 is 20.3 Å². The average molecular weight is 503 g/mol. The Kier molecular flexibility index (Phi) is 10.6. The van der Waals surface area contributed by atoms with Crippen molar-refractivity contribution in [2.24, 2.45) is 0 Å². The summed E-state index contributed by atoms with van der Waals surface area (Å²) in [6.07, 6.45) is 5.08. The second-order valence-electron chi connectivity index (χ2n) is 8.48. The number of ether oxygens (including phenoxy) is 1. The average Bonchev–Trinajstić information content (AvgIpc) is 2.94. The summed E-state index contributed by atoms with van der Waals surface area (Å²) in [6.45, 7) is 5.28. The maximum atomic E-state index is 12.5. The van der Waals surface area contributed by atoms with Crippen molar-refractivity contribution in [1.82, 2.24) is 15.6 Å². The van der Waals surface area contributed by atoms with Crippen LogP contribution < -0.4 is 15.5 Å². The topological polar surface area (TPSA) is 101 Å². The predicted octanol–water partition coefficient (Wildman–Crippen LogP) is 4.95. The quantitative estimate of drug-likeness (QED) is 0.342. The van der Waals surface area contributed by atoms with Gasteiger partial charge in [0.25, 0.3) is 5.91 Å². The maximum Gasteiger partial charge on any atom is 0.407 e. The number of amides is 3. The SMILES string of the molecule is CCCCOC(=O)NCCN(C(=O)CC)c1ccc(-c2ccc(C(=O)NCc3cccnc3)cc2)cc1. The third kappa shape index (κ3) is 8.45. The smallest absolute Gasteiger partial charge is 0.407 e. The van der Waals surface area contributed by atoms with E-state index in [1.807, 2.05) is 62.4 Å². The Morgan fingerprint density at radius 3 is 2.24 bits per heavy atom. The van der Waals surface area contributed by atoms with Gasteiger partial charge in [-0.3, -0.25) is 14.6 Å². The molecule has 0 bridgehead atoms. The summed E-state index contributed by atoms with van der Waals surface area (Å²) in [5.41, 5.74) is 4.19. The number of benzene rings is 2. The van der Waals surface area contributed by atoms with Gasteiger partial charge in [0.2, 0.25) is 5.91 Å². The van der Waals surface area contributed by atoms with Crippen LogP contribution in [-0.4, -0.2) is 42.6 Å². The summed E-state index contributed by atoms with van der Waals surface area (Å²) < 4.78 is 5.10. The molecule has 0 aliphatic heterocycles. The van der Waals surface area contributed by atoms with Gasteiger partial charge in [0, 0.05) is 49.7 Å². The zero-order valence-electron chi connectivity index (χ0n) is 21.4. The minimum atomic E-state index is -0.470. The molecule has 0 aliphatic rings. The number of carbonyl (C=O) groups excluding carboxylic acids is 3. The number of unbranched alkanes of at least 4 members (excludes halogenated alkanes) is 1. The number of nitrogens with zero attached hydrogens (tertiary/aromatic N) is 2. The lowest BCUT2D eigenvalue weighted by Crippen LogP contribution is -2.38. The lowest BCUT2D eigenvalue weighted by atomic mass is 10.0. The highest BCUT2D eigenvalue weighted by Gasteiger charge is 2.15. The van der Waals surface area contributed by atoms with E-state index in [2.05, 4.69) is 15.6 Å². The van der Waals surface area contributed by atoms with Crippen molar-refractivity contribution in [3.05, 3.63) is 84.2 Å². The second-order valence-corrected chi connectivity index (χ2v) is 8.48. The third-order valence-electron chi connectivity index (χ3n) is 5.77. The van der Waals surface area contributed by atoms with Crippen LogP contribution in [0.2, 0.25) is 0 Å². The van der Waals surface area contributed by atoms with Gasteiger partial charge in [0.05, 0.1) is 6.61 Å². The summed E-state index contributed by atoms with van der Waals surface area (Å²) >= 11 is 0. The molecule has 0 unspecified atom stereocenters. The molecule has 0 fully saturated rings. The first-order valence-electron chi connectivity index (χ1n) is 12.6. The van der Waals surface area contributed by atoms with Gasteiger partial charge in [-0.05, 0) is 53.4 Å². The molecule has 8 nitrogen and oxygen atoms in total. The van der Waals surface area contributed by atoms with Gasteiger partial charge in [0.15, 0.2) is 0 Å². The van der Waals surface area contributed by atoms with Crippen LogP contribution in [0.4, 0.5) is 10.5 Å². The lowest BCUT2D eigenvalue weighted by Gasteiger charge is -2.23. The van der Waals surface area contributed by atoms with E-state index >= 15 is 0 Å². The van der Waals surface area contributed by atoms with E-state index in [9.17, 15) is 14.4 Å². The van der Waals surface area contributed by atoms with Gasteiger partial charge in [-0.25, -0.2) is 4.79 Å². The minimum Gasteiger partial charge on any atom is -0.450 e. The van der Waals surface area contributed by atoms with Crippen LogP contribution in [-0.2, 0) is 16.1 Å². The van der Waals surface area contributed by atoms with Crippen molar-refractivity contribution in [2.45, 2.75) is 39.7 Å². The van der Waals surface area contributed by atoms with Gasteiger partial charge in [-0.1, -0.05) is 50.6 Å². The monoisotopic (exact) mass is 502 g/mol. The molecular formula is C29H34N4O4. The number of carbonyl (C=O) groups is 3. The van der Waals surface area contributed by atoms with E-state index in [1.54, 1.807) is 29.4 Å². The molecule has 0 spiro atoms. The van der Waals surface area contributed by atoms with Crippen LogP contribution in [0.25, 0.3) is 11.1 Å². The van der Waals surface area contributed by atoms with Crippen LogP contribution in [0.15, 0.2) is 73.1 Å². The Hall–Kier alpha value is -4.20. The molecule has 3 rings (SSSR count). The first-order chi connectivity index (χ1) is 18.0. The number of hydrogen-bond acceptors (Lipinski definition) is 5. The Balaban J connectivity index is 1.58. The molecule has 1 heterocycles. The van der Waals surface area contributed by atoms with Gasteiger partial charge in [0.1, 0.15) is 0 Å². The first kappa shape index (κ1) is 27.4. The molecule has 1 aromatic heterocycles. The fourth-order valence-electron chi connectivity index (χ4n) is 3.65. The molecule has 0 saturated carbocycles. The molecule has 2 N–H and O–H groups in total. The van der Waals surface area contributed by atoms with Crippen molar-refractivity contribution in [3.8, 4) is 11.1 Å². The minimum absolute atomic E-state index is 0.0319. The van der Waals surface area contributed by atoms with Crippen molar-refractivity contribution < 1.29 is 19.1 Å². The fourth-order valence-corrected chi connectivity index (χ4v) is 3.65. The number of nitrogens with one attached hydrogen (secondary N) is 2. The van der Waals surface area contributed by atoms with Crippen molar-refractivity contribution in [2.75, 3.05) is 24.6 Å². The molecule has 2 aromatic carbocycles. The van der Waals surface area contributed by atoms with E-state index in [4.69, 9.17) is 4.74 Å². The van der Waals surface area contributed by atoms with Gasteiger partial charge in [-0.2, -0.15) is 0 Å². The Labute approximate surface area is 218 Å². The number of aromatic nitrogens is 1. The summed E-state index contributed by atoms with van der Waals surface area (Å²) in [7, 11) is 0. The molecule has 3 amide bonds. The molecule has 0 aliphatic carbocycles. The highest BCUT2D eigenvalue weighted by Crippen LogP contribution is 2.24. The van der Waals surface area contributed by atoms with Crippen molar-refractivity contribution >= 4 is 23.6 Å². The molecule has 194 valence electrons. The van der Waals surface area contributed by atoms with E-state index in [1.165, 1.54) is 0 Å². The van der Waals surface area contributed by atoms with Crippen molar-refractivity contribution in [3.63, 3.8) is 0 Å². The lowest BCUT2D eigenvalue weighted by molar-refractivity contribution is -0.118. The predicted molar refractivity (Wildman–Crippen MR) is 144 cm³/mol. The van der Waals surface area contributed by atoms with Crippen LogP contribution in [0.5, 0.6) is 0 Å². The fraction of sp³-hybridized carbons (Fsp3) is 0.310. The third-order valence-corrected chi connectivity index (χ3v) is 5.77. The summed E-state index contributed by atoms with van der Waals surface area (Å²) in [5.74, 6) is -0.183. The normalized spacial score (nSPS) is 10.4. The Morgan fingerprint density at radius 1 is 0.919 bits per heavy atom. The summed E-state index contributed by atoms with van der Waals surface area (Å²) in [6, 6.07) is 18.8. The van der Waals surface area contributed by atoms with Gasteiger partial charge in [-0.15, -0.1) is 0 Å². The van der Waals surface area contributed by atoms with Crippen LogP contribution in [0.3, 0.4) is 0 Å². The van der Waals surface area contributed by atoms with E-state index in [-0.39, 0.29) is 11.8 Å². The molecule has 8 heteroatoms. The second kappa shape index (κ2) is 14.4. The Bertz CT molecular complexity index is 1150. The zero-order chi connectivity index (χ0) is 26.5. The number of alkyl carbamates (subject to hydrolysis) is 1. The molecule has 3 aromatic rings. The van der Waals surface area contributed by atoms with Crippen molar-refractivity contribution in [1.29, 1.82) is 0 Å². The first-order valence-corrected chi connectivity index (χ1v) is 12.6. The number of pyridine rings is 1. The maximum absolute atomic E-state index is 12.5. The molecule has 37 heavy (non-hydrogen) atoms. The van der Waals surface area contributed by atoms with E-state index < -0.39 is 6.09 Å². The molecule has 0 saturated heterocycles. The summed E-state index contributed by atoms with van der Waals surface area (Å²) in [5, 5.41) is 5.60. The van der Waals surface area contributed by atoms with E-state index in [0.29, 0.717) is 38.2 Å². The van der Waals surface area contributed by atoms with Crippen LogP contribution >= 0.6 is 0 Å². The van der Waals surface area contributed by atoms with Crippen LogP contribution in [0, 0.1) is 0 Å². The highest BCUT2D eigenvalue weighted by molar-refractivity contribution is 5.95. The number of anilines is 1. The molecule has 0 radical (unpaired) electrons. The van der Waals surface area contributed by atoms with E-state index in [0.717, 1.165) is 35.2 Å². The zero-order valence-corrected chi connectivity index (χ0v) is 21.4. The largest absolute Gasteiger partial charge is 0.450 e. The summed E-state index contributed by atoms with van der Waals surface area (Å²) in [4.78, 5) is 42.5. The molecule has 0 atom stereocenters. The number of rotatable bonds is 12. The Morgan fingerprint density at radius 2 is 1.62 bits per heavy atom.